The topological polar surface area (TPSA) is 84.3 Å². The number of carbonyl (C=O) groups is 1. The highest BCUT2D eigenvalue weighted by Crippen LogP contribution is 2.31. The molecule has 0 aliphatic heterocycles. The fraction of sp³-hybridized carbons (Fsp3) is 0.0500. The number of thiazole rings is 1. The van der Waals surface area contributed by atoms with Gasteiger partial charge in [0.15, 0.2) is 10.8 Å². The summed E-state index contributed by atoms with van der Waals surface area (Å²) in [4.78, 5) is 19.4. The molecule has 0 saturated carbocycles. The third-order valence-electron chi connectivity index (χ3n) is 3.93. The standard InChI is InChI=1S/C20H14ClN3O3S/c21-15-4-2-1-3-12(15)11-23-20-24-16-6-5-13(10-18(16)28-20)27-14-7-8-22-17(9-14)19(25)26/h1-10H,11H2,(H,23,24)(H,25,26). The molecule has 0 radical (unpaired) electrons. The second-order valence-corrected chi connectivity index (χ2v) is 7.32. The molecule has 140 valence electrons. The lowest BCUT2D eigenvalue weighted by atomic mass is 10.2. The molecule has 6 nitrogen and oxygen atoms in total. The Kier molecular flexibility index (Phi) is 5.10. The number of halogens is 1. The van der Waals surface area contributed by atoms with Gasteiger partial charge in [-0.05, 0) is 29.8 Å². The predicted molar refractivity (Wildman–Crippen MR) is 110 cm³/mol. The largest absolute Gasteiger partial charge is 0.477 e. The number of hydrogen-bond donors (Lipinski definition) is 2. The molecule has 0 unspecified atom stereocenters. The molecule has 0 saturated heterocycles. The number of ether oxygens (including phenoxy) is 1. The number of anilines is 1. The van der Waals surface area contributed by atoms with Crippen LogP contribution < -0.4 is 10.1 Å². The molecule has 0 aliphatic rings. The normalized spacial score (nSPS) is 10.8. The van der Waals surface area contributed by atoms with E-state index < -0.39 is 5.97 Å². The van der Waals surface area contributed by atoms with Gasteiger partial charge < -0.3 is 15.2 Å². The summed E-state index contributed by atoms with van der Waals surface area (Å²) in [5, 5.41) is 13.8. The van der Waals surface area contributed by atoms with Crippen LogP contribution in [-0.2, 0) is 6.54 Å². The van der Waals surface area contributed by atoms with E-state index in [4.69, 9.17) is 21.4 Å². The zero-order valence-corrected chi connectivity index (χ0v) is 16.0. The number of nitrogens with one attached hydrogen (secondary N) is 1. The maximum Gasteiger partial charge on any atom is 0.354 e. The SMILES string of the molecule is O=C(O)c1cc(Oc2ccc3nc(NCc4ccccc4Cl)sc3c2)ccn1. The molecule has 0 fully saturated rings. The Hall–Kier alpha value is -3.16. The number of aromatic nitrogens is 2. The minimum absolute atomic E-state index is 0.0672. The highest BCUT2D eigenvalue weighted by atomic mass is 35.5. The molecule has 2 heterocycles. The van der Waals surface area contributed by atoms with Crippen LogP contribution in [0.4, 0.5) is 5.13 Å². The summed E-state index contributed by atoms with van der Waals surface area (Å²) < 4.78 is 6.72. The number of carboxylic acids is 1. The van der Waals surface area contributed by atoms with Gasteiger partial charge in [0.05, 0.1) is 10.2 Å². The summed E-state index contributed by atoms with van der Waals surface area (Å²) in [5.74, 6) is -0.0951. The van der Waals surface area contributed by atoms with Gasteiger partial charge >= 0.3 is 5.97 Å². The first kappa shape index (κ1) is 18.2. The second kappa shape index (κ2) is 7.84. The van der Waals surface area contributed by atoms with E-state index in [1.54, 1.807) is 12.1 Å². The molecule has 0 atom stereocenters. The maximum atomic E-state index is 11.0. The fourth-order valence-corrected chi connectivity index (χ4v) is 3.68. The van der Waals surface area contributed by atoms with Crippen molar-refractivity contribution in [3.63, 3.8) is 0 Å². The molecule has 2 aromatic carbocycles. The van der Waals surface area contributed by atoms with Crippen LogP contribution in [-0.4, -0.2) is 21.0 Å². The number of carboxylic acid groups (broad SMARTS) is 1. The molecule has 0 bridgehead atoms. The van der Waals surface area contributed by atoms with E-state index in [1.165, 1.54) is 23.6 Å². The van der Waals surface area contributed by atoms with Gasteiger partial charge in [0.25, 0.3) is 0 Å². The lowest BCUT2D eigenvalue weighted by Gasteiger charge is -2.05. The predicted octanol–water partition coefficient (Wildman–Crippen LogP) is 5.45. The molecule has 2 N–H and O–H groups in total. The number of benzene rings is 2. The average molecular weight is 412 g/mol. The van der Waals surface area contributed by atoms with Gasteiger partial charge in [-0.2, -0.15) is 0 Å². The van der Waals surface area contributed by atoms with E-state index in [2.05, 4.69) is 15.3 Å². The molecule has 0 amide bonds. The van der Waals surface area contributed by atoms with Crippen LogP contribution in [0.15, 0.2) is 60.8 Å². The van der Waals surface area contributed by atoms with E-state index in [0.717, 1.165) is 20.9 Å². The number of nitrogens with zero attached hydrogens (tertiary/aromatic N) is 2. The monoisotopic (exact) mass is 411 g/mol. The molecule has 0 aliphatic carbocycles. The first-order chi connectivity index (χ1) is 13.6. The van der Waals surface area contributed by atoms with Crippen molar-refractivity contribution >= 4 is 44.3 Å². The van der Waals surface area contributed by atoms with Crippen LogP contribution in [0.2, 0.25) is 5.02 Å². The molecule has 4 aromatic rings. The first-order valence-corrected chi connectivity index (χ1v) is 9.53. The molecular weight excluding hydrogens is 398 g/mol. The summed E-state index contributed by atoms with van der Waals surface area (Å²) in [5.41, 5.74) is 1.78. The minimum atomic E-state index is -1.10. The van der Waals surface area contributed by atoms with E-state index >= 15 is 0 Å². The number of hydrogen-bond acceptors (Lipinski definition) is 6. The van der Waals surface area contributed by atoms with Crippen LogP contribution in [0.3, 0.4) is 0 Å². The van der Waals surface area contributed by atoms with E-state index in [1.807, 2.05) is 36.4 Å². The van der Waals surface area contributed by atoms with Crippen LogP contribution in [0.1, 0.15) is 16.1 Å². The van der Waals surface area contributed by atoms with Gasteiger partial charge in [-0.1, -0.05) is 41.1 Å². The van der Waals surface area contributed by atoms with Gasteiger partial charge in [0.1, 0.15) is 11.5 Å². The summed E-state index contributed by atoms with van der Waals surface area (Å²) in [6.45, 7) is 0.581. The van der Waals surface area contributed by atoms with Crippen molar-refractivity contribution in [3.05, 3.63) is 77.1 Å². The minimum Gasteiger partial charge on any atom is -0.477 e. The van der Waals surface area contributed by atoms with Crippen LogP contribution in [0.5, 0.6) is 11.5 Å². The second-order valence-electron chi connectivity index (χ2n) is 5.88. The molecule has 28 heavy (non-hydrogen) atoms. The molecule has 0 spiro atoms. The van der Waals surface area contributed by atoms with Crippen molar-refractivity contribution in [2.75, 3.05) is 5.32 Å². The molecule has 2 aromatic heterocycles. The van der Waals surface area contributed by atoms with Crippen LogP contribution >= 0.6 is 22.9 Å². The number of rotatable bonds is 6. The van der Waals surface area contributed by atoms with Gasteiger partial charge in [-0.25, -0.2) is 14.8 Å². The smallest absolute Gasteiger partial charge is 0.354 e. The lowest BCUT2D eigenvalue weighted by Crippen LogP contribution is -1.99. The van der Waals surface area contributed by atoms with Crippen LogP contribution in [0, 0.1) is 0 Å². The molecule has 8 heteroatoms. The highest BCUT2D eigenvalue weighted by Gasteiger charge is 2.09. The average Bonchev–Trinajstić information content (AvgIpc) is 3.10. The number of aromatic carboxylic acids is 1. The Labute approximate surface area is 169 Å². The summed E-state index contributed by atoms with van der Waals surface area (Å²) >= 11 is 7.69. The Morgan fingerprint density at radius 2 is 1.96 bits per heavy atom. The summed E-state index contributed by atoms with van der Waals surface area (Å²) in [6, 6.07) is 16.2. The fourth-order valence-electron chi connectivity index (χ4n) is 2.58. The van der Waals surface area contributed by atoms with Crippen molar-refractivity contribution in [1.29, 1.82) is 0 Å². The Morgan fingerprint density at radius 1 is 1.14 bits per heavy atom. The van der Waals surface area contributed by atoms with Crippen molar-refractivity contribution in [3.8, 4) is 11.5 Å². The Balaban J connectivity index is 1.51. The van der Waals surface area contributed by atoms with Gasteiger partial charge in [-0.15, -0.1) is 0 Å². The molecule has 4 rings (SSSR count). The first-order valence-electron chi connectivity index (χ1n) is 8.33. The summed E-state index contributed by atoms with van der Waals surface area (Å²) in [7, 11) is 0. The van der Waals surface area contributed by atoms with Gasteiger partial charge in [0.2, 0.25) is 0 Å². The number of pyridine rings is 1. The van der Waals surface area contributed by atoms with Gasteiger partial charge in [0, 0.05) is 29.9 Å². The maximum absolute atomic E-state index is 11.0. The zero-order chi connectivity index (χ0) is 19.5. The van der Waals surface area contributed by atoms with E-state index in [9.17, 15) is 4.79 Å². The van der Waals surface area contributed by atoms with Crippen molar-refractivity contribution in [1.82, 2.24) is 9.97 Å². The third-order valence-corrected chi connectivity index (χ3v) is 5.28. The zero-order valence-electron chi connectivity index (χ0n) is 14.4. The van der Waals surface area contributed by atoms with Gasteiger partial charge in [-0.3, -0.25) is 0 Å². The van der Waals surface area contributed by atoms with Crippen LogP contribution in [0.25, 0.3) is 10.2 Å². The quantitative estimate of drug-likeness (QED) is 0.439. The van der Waals surface area contributed by atoms with E-state index in [-0.39, 0.29) is 5.69 Å². The Bertz CT molecular complexity index is 1160. The summed E-state index contributed by atoms with van der Waals surface area (Å²) in [6.07, 6.45) is 1.40. The Morgan fingerprint density at radius 3 is 2.79 bits per heavy atom. The molecular formula is C20H14ClN3O3S. The van der Waals surface area contributed by atoms with Crippen molar-refractivity contribution < 1.29 is 14.6 Å². The van der Waals surface area contributed by atoms with Crippen molar-refractivity contribution in [2.24, 2.45) is 0 Å². The number of fused-ring (bicyclic) bond motifs is 1. The third kappa shape index (κ3) is 4.05. The van der Waals surface area contributed by atoms with Crippen molar-refractivity contribution in [2.45, 2.75) is 6.54 Å². The highest BCUT2D eigenvalue weighted by molar-refractivity contribution is 7.22. The lowest BCUT2D eigenvalue weighted by molar-refractivity contribution is 0.0690. The van der Waals surface area contributed by atoms with E-state index in [0.29, 0.717) is 23.1 Å².